The summed E-state index contributed by atoms with van der Waals surface area (Å²) < 4.78 is 53.6. The first-order valence-corrected chi connectivity index (χ1v) is 7.47. The molecule has 0 saturated heterocycles. The maximum atomic E-state index is 13.7. The molecule has 3 aromatic rings. The fourth-order valence-corrected chi connectivity index (χ4v) is 2.70. The van der Waals surface area contributed by atoms with Crippen LogP contribution >= 0.6 is 0 Å². The van der Waals surface area contributed by atoms with E-state index in [1.807, 2.05) is 31.2 Å². The second-order valence-electron chi connectivity index (χ2n) is 5.70. The van der Waals surface area contributed by atoms with E-state index in [0.717, 1.165) is 16.5 Å². The number of alkyl halides is 3. The Morgan fingerprint density at radius 2 is 1.88 bits per heavy atom. The van der Waals surface area contributed by atoms with Crippen molar-refractivity contribution in [2.24, 2.45) is 0 Å². The summed E-state index contributed by atoms with van der Waals surface area (Å²) in [6.07, 6.45) is -2.84. The molecule has 1 N–H and O–H groups in total. The van der Waals surface area contributed by atoms with E-state index in [-0.39, 0.29) is 6.54 Å². The Balaban J connectivity index is 1.83. The second-order valence-corrected chi connectivity index (χ2v) is 5.70. The van der Waals surface area contributed by atoms with Crippen LogP contribution in [-0.2, 0) is 17.5 Å². The highest BCUT2D eigenvalue weighted by Crippen LogP contribution is 2.31. The molecule has 25 heavy (non-hydrogen) atoms. The predicted octanol–water partition coefficient (Wildman–Crippen LogP) is 4.75. The van der Waals surface area contributed by atoms with Gasteiger partial charge >= 0.3 is 6.18 Å². The molecule has 0 bridgehead atoms. The molecular formula is C18H14F4N2O. The molecule has 0 aliphatic rings. The monoisotopic (exact) mass is 350 g/mol. The summed E-state index contributed by atoms with van der Waals surface area (Å²) in [6.45, 7) is 1.76. The summed E-state index contributed by atoms with van der Waals surface area (Å²) in [4.78, 5) is 12.2. The van der Waals surface area contributed by atoms with Gasteiger partial charge in [-0.1, -0.05) is 18.2 Å². The summed E-state index contributed by atoms with van der Waals surface area (Å²) in [5, 5.41) is 3.18. The average molecular weight is 350 g/mol. The van der Waals surface area contributed by atoms with Crippen molar-refractivity contribution in [3.05, 3.63) is 65.6 Å². The minimum atomic E-state index is -4.61. The SMILES string of the molecule is Cc1cn(CC(=O)Nc2cc(C(F)(F)F)ccc2F)c2ccccc12. The number of amides is 1. The topological polar surface area (TPSA) is 34.0 Å². The first-order valence-electron chi connectivity index (χ1n) is 7.47. The molecule has 1 aromatic heterocycles. The molecule has 3 rings (SSSR count). The lowest BCUT2D eigenvalue weighted by atomic mass is 10.2. The average Bonchev–Trinajstić information content (AvgIpc) is 2.85. The minimum Gasteiger partial charge on any atom is -0.338 e. The number of benzene rings is 2. The van der Waals surface area contributed by atoms with E-state index in [9.17, 15) is 22.4 Å². The Morgan fingerprint density at radius 3 is 2.60 bits per heavy atom. The van der Waals surface area contributed by atoms with Crippen molar-refractivity contribution in [2.45, 2.75) is 19.6 Å². The van der Waals surface area contributed by atoms with Crippen molar-refractivity contribution in [1.29, 1.82) is 0 Å². The number of rotatable bonds is 3. The van der Waals surface area contributed by atoms with Gasteiger partial charge in [-0.05, 0) is 36.8 Å². The molecule has 7 heteroatoms. The zero-order chi connectivity index (χ0) is 18.2. The number of hydrogen-bond acceptors (Lipinski definition) is 1. The number of hydrogen-bond donors (Lipinski definition) is 1. The molecule has 3 nitrogen and oxygen atoms in total. The van der Waals surface area contributed by atoms with Gasteiger partial charge in [0.25, 0.3) is 0 Å². The van der Waals surface area contributed by atoms with Gasteiger partial charge < -0.3 is 9.88 Å². The van der Waals surface area contributed by atoms with Crippen molar-refractivity contribution in [3.8, 4) is 0 Å². The lowest BCUT2D eigenvalue weighted by molar-refractivity contribution is -0.137. The summed E-state index contributed by atoms with van der Waals surface area (Å²) >= 11 is 0. The third-order valence-electron chi connectivity index (χ3n) is 3.87. The fraction of sp³-hybridized carbons (Fsp3) is 0.167. The number of aryl methyl sites for hydroxylation is 1. The van der Waals surface area contributed by atoms with Crippen LogP contribution in [0.25, 0.3) is 10.9 Å². The van der Waals surface area contributed by atoms with E-state index in [1.165, 1.54) is 0 Å². The van der Waals surface area contributed by atoms with Crippen LogP contribution < -0.4 is 5.32 Å². The van der Waals surface area contributed by atoms with E-state index >= 15 is 0 Å². The molecule has 1 amide bonds. The zero-order valence-corrected chi connectivity index (χ0v) is 13.2. The van der Waals surface area contributed by atoms with Gasteiger partial charge in [0.2, 0.25) is 5.91 Å². The summed E-state index contributed by atoms with van der Waals surface area (Å²) in [6, 6.07) is 9.35. The molecule has 0 aliphatic heterocycles. The van der Waals surface area contributed by atoms with Crippen LogP contribution in [0.2, 0.25) is 0 Å². The number of aromatic nitrogens is 1. The van der Waals surface area contributed by atoms with Gasteiger partial charge in [0.1, 0.15) is 12.4 Å². The maximum Gasteiger partial charge on any atom is 0.416 e. The third-order valence-corrected chi connectivity index (χ3v) is 3.87. The molecule has 130 valence electrons. The lowest BCUT2D eigenvalue weighted by Crippen LogP contribution is -2.19. The molecule has 1 heterocycles. The van der Waals surface area contributed by atoms with Gasteiger partial charge in [-0.25, -0.2) is 4.39 Å². The van der Waals surface area contributed by atoms with E-state index < -0.39 is 29.2 Å². The number of nitrogens with one attached hydrogen (secondary N) is 1. The van der Waals surface area contributed by atoms with Gasteiger partial charge in [-0.15, -0.1) is 0 Å². The van der Waals surface area contributed by atoms with Crippen molar-refractivity contribution in [3.63, 3.8) is 0 Å². The van der Waals surface area contributed by atoms with Crippen LogP contribution in [0, 0.1) is 12.7 Å². The smallest absolute Gasteiger partial charge is 0.338 e. The zero-order valence-electron chi connectivity index (χ0n) is 13.2. The van der Waals surface area contributed by atoms with Crippen LogP contribution in [0.1, 0.15) is 11.1 Å². The van der Waals surface area contributed by atoms with Crippen LogP contribution in [0.4, 0.5) is 23.2 Å². The first kappa shape index (κ1) is 17.0. The third kappa shape index (κ3) is 3.50. The van der Waals surface area contributed by atoms with Crippen LogP contribution in [0.5, 0.6) is 0 Å². The molecule has 2 aromatic carbocycles. The van der Waals surface area contributed by atoms with E-state index in [0.29, 0.717) is 18.2 Å². The lowest BCUT2D eigenvalue weighted by Gasteiger charge is -2.11. The maximum absolute atomic E-state index is 13.7. The van der Waals surface area contributed by atoms with Gasteiger partial charge in [-0.3, -0.25) is 4.79 Å². The fourth-order valence-electron chi connectivity index (χ4n) is 2.70. The highest BCUT2D eigenvalue weighted by molar-refractivity contribution is 5.92. The van der Waals surface area contributed by atoms with Crippen LogP contribution in [-0.4, -0.2) is 10.5 Å². The Bertz CT molecular complexity index is 944. The highest BCUT2D eigenvalue weighted by atomic mass is 19.4. The molecule has 0 unspecified atom stereocenters. The van der Waals surface area contributed by atoms with Crippen molar-refractivity contribution >= 4 is 22.5 Å². The highest BCUT2D eigenvalue weighted by Gasteiger charge is 2.31. The van der Waals surface area contributed by atoms with Crippen LogP contribution in [0.3, 0.4) is 0 Å². The van der Waals surface area contributed by atoms with Crippen molar-refractivity contribution < 1.29 is 22.4 Å². The summed E-state index contributed by atoms with van der Waals surface area (Å²) in [5.74, 6) is -1.53. The second kappa shape index (κ2) is 6.23. The molecular weight excluding hydrogens is 336 g/mol. The molecule has 0 spiro atoms. The van der Waals surface area contributed by atoms with E-state index in [2.05, 4.69) is 5.32 Å². The molecule has 0 saturated carbocycles. The number of fused-ring (bicyclic) bond motifs is 1. The van der Waals surface area contributed by atoms with Crippen molar-refractivity contribution in [2.75, 3.05) is 5.32 Å². The molecule has 0 aliphatic carbocycles. The predicted molar refractivity (Wildman–Crippen MR) is 86.7 cm³/mol. The number of carbonyl (C=O) groups excluding carboxylic acids is 1. The number of nitrogens with zero attached hydrogens (tertiary/aromatic N) is 1. The largest absolute Gasteiger partial charge is 0.416 e. The standard InChI is InChI=1S/C18H14F4N2O/c1-11-9-24(16-5-3-2-4-13(11)16)10-17(25)23-15-8-12(18(20,21)22)6-7-14(15)19/h2-9H,10H2,1H3,(H,23,25). The van der Waals surface area contributed by atoms with Crippen LogP contribution in [0.15, 0.2) is 48.7 Å². The molecule has 0 fully saturated rings. The normalized spacial score (nSPS) is 11.7. The quantitative estimate of drug-likeness (QED) is 0.680. The van der Waals surface area contributed by atoms with Gasteiger partial charge in [0.05, 0.1) is 11.3 Å². The van der Waals surface area contributed by atoms with Gasteiger partial charge in [0, 0.05) is 17.1 Å². The van der Waals surface area contributed by atoms with E-state index in [4.69, 9.17) is 0 Å². The van der Waals surface area contributed by atoms with E-state index in [1.54, 1.807) is 10.8 Å². The number of para-hydroxylation sites is 1. The summed E-state index contributed by atoms with van der Waals surface area (Å²) in [5.41, 5.74) is 0.271. The number of anilines is 1. The van der Waals surface area contributed by atoms with Crippen molar-refractivity contribution in [1.82, 2.24) is 4.57 Å². The molecule has 0 radical (unpaired) electrons. The number of carbonyl (C=O) groups is 1. The number of halogens is 4. The Morgan fingerprint density at radius 1 is 1.16 bits per heavy atom. The molecule has 0 atom stereocenters. The Kier molecular flexibility index (Phi) is 4.24. The van der Waals surface area contributed by atoms with Gasteiger partial charge in [-0.2, -0.15) is 13.2 Å². The minimum absolute atomic E-state index is 0.135. The van der Waals surface area contributed by atoms with Gasteiger partial charge in [0.15, 0.2) is 0 Å². The Labute approximate surface area is 140 Å². The first-order chi connectivity index (χ1) is 11.8. The summed E-state index contributed by atoms with van der Waals surface area (Å²) in [7, 11) is 0. The Hall–Kier alpha value is -2.83.